The number of fused-ring (bicyclic) bond motifs is 1. The molecule has 1 fully saturated rings. The van der Waals surface area contributed by atoms with Crippen molar-refractivity contribution in [3.63, 3.8) is 0 Å². The van der Waals surface area contributed by atoms with Crippen LogP contribution in [0.2, 0.25) is 0 Å². The summed E-state index contributed by atoms with van der Waals surface area (Å²) < 4.78 is 5.51. The van der Waals surface area contributed by atoms with E-state index in [0.717, 1.165) is 39.9 Å². The molecular weight excluding hydrogens is 622 g/mol. The van der Waals surface area contributed by atoms with E-state index >= 15 is 0 Å². The zero-order chi connectivity index (χ0) is 37.1. The van der Waals surface area contributed by atoms with Crippen molar-refractivity contribution in [2.75, 3.05) is 26.7 Å². The number of aliphatic hydroxyl groups is 1. The molecule has 2 aromatic heterocycles. The second-order valence-corrected chi connectivity index (χ2v) is 13.8. The van der Waals surface area contributed by atoms with Gasteiger partial charge in [-0.2, -0.15) is 0 Å². The molecule has 1 amide bonds. The number of hydrogen-bond acceptors (Lipinski definition) is 7. The standard InChI is InChI=1S/C18H30N4O2.C12H11NO.C7H14.C5H12/c1-13(2)17(9-16(23)12-19-4)18(24)22-10-14(3)21-11-15-7-5-6-8-20-15;1-2-9-14-12-7-8-13-11-6-4-3-5-10(11)12;1-7-5-3-2-4-6-7;1-4-5(2)3/h5-8,13,16-17,19,21,23H,3,9-12H2,1-2,4H3,(H,22,24);2-8H,1,9H2;7H,2-6H2,1H3;5H,4H2,1-3H3. The predicted molar refractivity (Wildman–Crippen MR) is 211 cm³/mol. The third-order valence-corrected chi connectivity index (χ3v) is 8.50. The third kappa shape index (κ3) is 20.1. The highest BCUT2D eigenvalue weighted by Gasteiger charge is 2.24. The van der Waals surface area contributed by atoms with E-state index in [4.69, 9.17) is 4.74 Å². The topological polar surface area (TPSA) is 108 Å². The van der Waals surface area contributed by atoms with Crippen molar-refractivity contribution in [3.05, 3.63) is 91.5 Å². The van der Waals surface area contributed by atoms with Crippen LogP contribution in [0.3, 0.4) is 0 Å². The molecule has 50 heavy (non-hydrogen) atoms. The number of para-hydroxylation sites is 1. The minimum absolute atomic E-state index is 0.0547. The quantitative estimate of drug-likeness (QED) is 0.119. The Kier molecular flexibility index (Phi) is 23.9. The highest BCUT2D eigenvalue weighted by atomic mass is 16.5. The lowest BCUT2D eigenvalue weighted by Crippen LogP contribution is -2.39. The average molecular weight is 690 g/mol. The van der Waals surface area contributed by atoms with Gasteiger partial charge in [0.25, 0.3) is 0 Å². The largest absolute Gasteiger partial charge is 0.489 e. The maximum atomic E-state index is 12.4. The van der Waals surface area contributed by atoms with Gasteiger partial charge >= 0.3 is 0 Å². The summed E-state index contributed by atoms with van der Waals surface area (Å²) in [6.07, 6.45) is 13.9. The SMILES string of the molecule is C=C(CNC(=O)C(CC(O)CNC)C(C)C)NCc1ccccn1.C=CCOc1ccnc2ccccc12.CC1CCCCC1.CCC(C)C. The van der Waals surface area contributed by atoms with E-state index in [2.05, 4.69) is 66.8 Å². The van der Waals surface area contributed by atoms with E-state index < -0.39 is 6.10 Å². The van der Waals surface area contributed by atoms with E-state index in [1.54, 1.807) is 25.5 Å². The summed E-state index contributed by atoms with van der Waals surface area (Å²) >= 11 is 0. The first-order valence-electron chi connectivity index (χ1n) is 18.5. The average Bonchev–Trinajstić information content (AvgIpc) is 3.12. The minimum Gasteiger partial charge on any atom is -0.489 e. The van der Waals surface area contributed by atoms with E-state index in [0.29, 0.717) is 32.7 Å². The number of nitrogens with one attached hydrogen (secondary N) is 3. The van der Waals surface area contributed by atoms with Gasteiger partial charge in [-0.15, -0.1) is 0 Å². The molecule has 278 valence electrons. The van der Waals surface area contributed by atoms with E-state index in [-0.39, 0.29) is 17.7 Å². The van der Waals surface area contributed by atoms with Crippen molar-refractivity contribution in [1.29, 1.82) is 0 Å². The lowest BCUT2D eigenvalue weighted by molar-refractivity contribution is -0.127. The molecule has 0 aliphatic heterocycles. The Bertz CT molecular complexity index is 1320. The number of hydrogen-bond donors (Lipinski definition) is 4. The fourth-order valence-corrected chi connectivity index (χ4v) is 5.05. The Morgan fingerprint density at radius 1 is 1.00 bits per heavy atom. The second kappa shape index (κ2) is 27.0. The number of aliphatic hydroxyl groups excluding tert-OH is 1. The maximum absolute atomic E-state index is 12.4. The number of benzene rings is 1. The lowest BCUT2D eigenvalue weighted by atomic mass is 9.89. The normalized spacial score (nSPS) is 13.7. The van der Waals surface area contributed by atoms with E-state index in [1.807, 2.05) is 62.4 Å². The van der Waals surface area contributed by atoms with Gasteiger partial charge in [0, 0.05) is 35.9 Å². The summed E-state index contributed by atoms with van der Waals surface area (Å²) in [5.74, 6) is 2.66. The number of aromatic nitrogens is 2. The van der Waals surface area contributed by atoms with Crippen LogP contribution in [-0.2, 0) is 11.3 Å². The molecule has 3 aromatic rings. The summed E-state index contributed by atoms with van der Waals surface area (Å²) in [7, 11) is 1.78. The number of carbonyl (C=O) groups is 1. The molecule has 1 saturated carbocycles. The molecule has 0 saturated heterocycles. The summed E-state index contributed by atoms with van der Waals surface area (Å²) in [6, 6.07) is 15.5. The minimum atomic E-state index is -0.529. The smallest absolute Gasteiger partial charge is 0.223 e. The van der Waals surface area contributed by atoms with Crippen LogP contribution in [0.25, 0.3) is 10.9 Å². The summed E-state index contributed by atoms with van der Waals surface area (Å²) in [6.45, 7) is 22.5. The Balaban J connectivity index is 0.000000398. The Labute approximate surface area is 303 Å². The highest BCUT2D eigenvalue weighted by Crippen LogP contribution is 2.23. The number of rotatable bonds is 15. The van der Waals surface area contributed by atoms with Crippen LogP contribution in [-0.4, -0.2) is 53.8 Å². The van der Waals surface area contributed by atoms with Gasteiger partial charge in [-0.1, -0.05) is 118 Å². The zero-order valence-electron chi connectivity index (χ0n) is 32.1. The van der Waals surface area contributed by atoms with Crippen LogP contribution in [0.5, 0.6) is 5.75 Å². The Morgan fingerprint density at radius 2 is 1.68 bits per heavy atom. The Morgan fingerprint density at radius 3 is 2.24 bits per heavy atom. The summed E-state index contributed by atoms with van der Waals surface area (Å²) in [5, 5.41) is 19.9. The number of carbonyl (C=O) groups excluding carboxylic acids is 1. The fraction of sp³-hybridized carbons (Fsp3) is 0.548. The molecular formula is C42H67N5O3. The van der Waals surface area contributed by atoms with Gasteiger partial charge in [0.05, 0.1) is 30.4 Å². The molecule has 4 rings (SSSR count). The monoisotopic (exact) mass is 690 g/mol. The molecule has 2 unspecified atom stereocenters. The molecule has 0 spiro atoms. The fourth-order valence-electron chi connectivity index (χ4n) is 5.05. The lowest BCUT2D eigenvalue weighted by Gasteiger charge is -2.23. The number of pyridine rings is 2. The number of nitrogens with zero attached hydrogens (tertiary/aromatic N) is 2. The molecule has 0 radical (unpaired) electrons. The molecule has 0 bridgehead atoms. The van der Waals surface area contributed by atoms with Gasteiger partial charge in [0.15, 0.2) is 0 Å². The first-order valence-corrected chi connectivity index (χ1v) is 18.5. The van der Waals surface area contributed by atoms with Crippen LogP contribution < -0.4 is 20.7 Å². The van der Waals surface area contributed by atoms with Gasteiger partial charge in [0.2, 0.25) is 5.91 Å². The molecule has 1 aliphatic rings. The molecule has 4 N–H and O–H groups in total. The highest BCUT2D eigenvalue weighted by molar-refractivity contribution is 5.84. The van der Waals surface area contributed by atoms with Crippen LogP contribution in [0.4, 0.5) is 0 Å². The van der Waals surface area contributed by atoms with Crippen molar-refractivity contribution < 1.29 is 14.6 Å². The maximum Gasteiger partial charge on any atom is 0.223 e. The van der Waals surface area contributed by atoms with Gasteiger partial charge in [-0.25, -0.2) is 0 Å². The van der Waals surface area contributed by atoms with Crippen molar-refractivity contribution >= 4 is 16.8 Å². The zero-order valence-corrected chi connectivity index (χ0v) is 32.1. The third-order valence-electron chi connectivity index (χ3n) is 8.50. The number of amides is 1. The number of likely N-dealkylation sites (N-methyl/N-ethyl adjacent to an activating group) is 1. The Hall–Kier alpha value is -3.75. The molecule has 1 aromatic carbocycles. The molecule has 8 nitrogen and oxygen atoms in total. The first kappa shape index (κ1) is 44.3. The molecule has 1 aliphatic carbocycles. The van der Waals surface area contributed by atoms with Crippen LogP contribution >= 0.6 is 0 Å². The second-order valence-electron chi connectivity index (χ2n) is 13.8. The van der Waals surface area contributed by atoms with Gasteiger partial charge in [-0.3, -0.25) is 14.8 Å². The van der Waals surface area contributed by atoms with Crippen LogP contribution in [0.15, 0.2) is 85.9 Å². The van der Waals surface area contributed by atoms with E-state index in [9.17, 15) is 9.90 Å². The van der Waals surface area contributed by atoms with Gasteiger partial charge in [0.1, 0.15) is 12.4 Å². The summed E-state index contributed by atoms with van der Waals surface area (Å²) in [5.41, 5.74) is 2.60. The van der Waals surface area contributed by atoms with Crippen molar-refractivity contribution in [2.45, 2.75) is 99.1 Å². The van der Waals surface area contributed by atoms with Crippen molar-refractivity contribution in [1.82, 2.24) is 25.9 Å². The van der Waals surface area contributed by atoms with Gasteiger partial charge in [-0.05, 0) is 61.6 Å². The van der Waals surface area contributed by atoms with Crippen molar-refractivity contribution in [2.24, 2.45) is 23.7 Å². The first-order chi connectivity index (χ1) is 24.0. The molecule has 8 heteroatoms. The van der Waals surface area contributed by atoms with Crippen LogP contribution in [0, 0.1) is 23.7 Å². The summed E-state index contributed by atoms with van der Waals surface area (Å²) in [4.78, 5) is 20.8. The van der Waals surface area contributed by atoms with E-state index in [1.165, 1.54) is 38.5 Å². The molecule has 2 heterocycles. The predicted octanol–water partition coefficient (Wildman–Crippen LogP) is 8.48. The number of ether oxygens (including phenoxy) is 1. The van der Waals surface area contributed by atoms with Gasteiger partial charge < -0.3 is 25.8 Å². The van der Waals surface area contributed by atoms with Crippen LogP contribution in [0.1, 0.15) is 92.2 Å². The van der Waals surface area contributed by atoms with Crippen molar-refractivity contribution in [3.8, 4) is 5.75 Å². The molecule has 2 atom stereocenters.